The minimum atomic E-state index is -0.421. The van der Waals surface area contributed by atoms with E-state index in [0.717, 1.165) is 19.1 Å². The number of rotatable bonds is 5. The number of aromatic nitrogens is 2. The number of para-hydroxylation sites is 1. The second kappa shape index (κ2) is 5.89. The zero-order valence-electron chi connectivity index (χ0n) is 13.6. The third-order valence-electron chi connectivity index (χ3n) is 4.83. The van der Waals surface area contributed by atoms with E-state index in [2.05, 4.69) is 40.0 Å². The SMILES string of the molecule is Cc1cccc2c1N(C1CC1)CCN2C[C@@H](O)Cn1cccn1. The van der Waals surface area contributed by atoms with E-state index in [1.54, 1.807) is 10.9 Å². The summed E-state index contributed by atoms with van der Waals surface area (Å²) in [5.41, 5.74) is 3.97. The van der Waals surface area contributed by atoms with E-state index in [9.17, 15) is 5.11 Å². The molecule has 122 valence electrons. The Hall–Kier alpha value is -2.01. The highest BCUT2D eigenvalue weighted by molar-refractivity contribution is 5.77. The maximum Gasteiger partial charge on any atom is 0.0910 e. The average molecular weight is 312 g/mol. The molecule has 1 fully saturated rings. The zero-order valence-corrected chi connectivity index (χ0v) is 13.6. The molecule has 2 aliphatic rings. The number of nitrogens with zero attached hydrogens (tertiary/aromatic N) is 4. The molecule has 5 heteroatoms. The molecule has 0 saturated heterocycles. The standard InChI is InChI=1S/C18H24N4O/c1-14-4-2-5-17-18(14)22(15-6-7-15)11-10-20(17)12-16(23)13-21-9-3-8-19-21/h2-5,8-9,15-16,23H,6-7,10-13H2,1H3/t16-/m1/s1. The largest absolute Gasteiger partial charge is 0.389 e. The van der Waals surface area contributed by atoms with Crippen molar-refractivity contribution in [1.29, 1.82) is 0 Å². The molecule has 1 aliphatic heterocycles. The molecule has 2 heterocycles. The smallest absolute Gasteiger partial charge is 0.0910 e. The first-order valence-electron chi connectivity index (χ1n) is 8.49. The molecular formula is C18H24N4O. The zero-order chi connectivity index (χ0) is 15.8. The van der Waals surface area contributed by atoms with Crippen LogP contribution in [0.25, 0.3) is 0 Å². The third kappa shape index (κ3) is 2.93. The van der Waals surface area contributed by atoms with Crippen molar-refractivity contribution < 1.29 is 5.11 Å². The first kappa shape index (κ1) is 14.6. The molecule has 4 rings (SSSR count). The number of hydrogen-bond acceptors (Lipinski definition) is 4. The quantitative estimate of drug-likeness (QED) is 0.918. The Kier molecular flexibility index (Phi) is 3.73. The summed E-state index contributed by atoms with van der Waals surface area (Å²) in [4.78, 5) is 4.90. The lowest BCUT2D eigenvalue weighted by molar-refractivity contribution is 0.154. The Balaban J connectivity index is 1.53. The summed E-state index contributed by atoms with van der Waals surface area (Å²) in [6.07, 6.45) is 5.85. The number of benzene rings is 1. The Morgan fingerprint density at radius 2 is 2.09 bits per heavy atom. The highest BCUT2D eigenvalue weighted by Crippen LogP contribution is 2.41. The molecule has 0 spiro atoms. The highest BCUT2D eigenvalue weighted by atomic mass is 16.3. The number of aliphatic hydroxyl groups excluding tert-OH is 1. The number of aryl methyl sites for hydroxylation is 1. The van der Waals surface area contributed by atoms with Crippen LogP contribution in [-0.4, -0.2) is 46.7 Å². The molecule has 1 aromatic heterocycles. The molecular weight excluding hydrogens is 288 g/mol. The van der Waals surface area contributed by atoms with E-state index >= 15 is 0 Å². The van der Waals surface area contributed by atoms with Crippen molar-refractivity contribution in [3.8, 4) is 0 Å². The lowest BCUT2D eigenvalue weighted by Gasteiger charge is -2.41. The predicted octanol–water partition coefficient (Wildman–Crippen LogP) is 2.04. The summed E-state index contributed by atoms with van der Waals surface area (Å²) in [7, 11) is 0. The van der Waals surface area contributed by atoms with E-state index in [1.807, 2.05) is 12.3 Å². The van der Waals surface area contributed by atoms with E-state index in [-0.39, 0.29) is 0 Å². The van der Waals surface area contributed by atoms with Crippen molar-refractivity contribution >= 4 is 11.4 Å². The molecule has 0 radical (unpaired) electrons. The number of anilines is 2. The van der Waals surface area contributed by atoms with E-state index < -0.39 is 6.10 Å². The van der Waals surface area contributed by atoms with Crippen LogP contribution < -0.4 is 9.80 Å². The van der Waals surface area contributed by atoms with Gasteiger partial charge in [0.15, 0.2) is 0 Å². The molecule has 1 aromatic carbocycles. The second-order valence-corrected chi connectivity index (χ2v) is 6.70. The van der Waals surface area contributed by atoms with Crippen molar-refractivity contribution in [2.45, 2.75) is 38.5 Å². The first-order valence-corrected chi connectivity index (χ1v) is 8.49. The summed E-state index contributed by atoms with van der Waals surface area (Å²) < 4.78 is 1.79. The van der Waals surface area contributed by atoms with Gasteiger partial charge in [-0.05, 0) is 37.5 Å². The minimum Gasteiger partial charge on any atom is -0.389 e. The van der Waals surface area contributed by atoms with Gasteiger partial charge in [-0.3, -0.25) is 4.68 Å². The lowest BCUT2D eigenvalue weighted by Crippen LogP contribution is -2.45. The van der Waals surface area contributed by atoms with Crippen molar-refractivity contribution in [3.63, 3.8) is 0 Å². The predicted molar refractivity (Wildman–Crippen MR) is 92.0 cm³/mol. The molecule has 0 amide bonds. The summed E-state index contributed by atoms with van der Waals surface area (Å²) in [6.45, 7) is 5.41. The summed E-state index contributed by atoms with van der Waals surface area (Å²) >= 11 is 0. The molecule has 23 heavy (non-hydrogen) atoms. The van der Waals surface area contributed by atoms with Gasteiger partial charge in [0, 0.05) is 38.1 Å². The average Bonchev–Trinajstić information content (AvgIpc) is 3.26. The number of aliphatic hydroxyl groups is 1. The van der Waals surface area contributed by atoms with E-state index in [1.165, 1.54) is 29.8 Å². The molecule has 0 unspecified atom stereocenters. The van der Waals surface area contributed by atoms with Crippen LogP contribution in [0.3, 0.4) is 0 Å². The Labute approximate surface area is 137 Å². The fourth-order valence-corrected chi connectivity index (χ4v) is 3.61. The van der Waals surface area contributed by atoms with Gasteiger partial charge in [0.25, 0.3) is 0 Å². The summed E-state index contributed by atoms with van der Waals surface area (Å²) in [6, 6.07) is 9.12. The maximum atomic E-state index is 10.4. The van der Waals surface area contributed by atoms with Crippen molar-refractivity contribution in [2.24, 2.45) is 0 Å². The van der Waals surface area contributed by atoms with E-state index in [0.29, 0.717) is 13.1 Å². The van der Waals surface area contributed by atoms with Gasteiger partial charge in [-0.15, -0.1) is 0 Å². The lowest BCUT2D eigenvalue weighted by atomic mass is 10.1. The molecule has 1 N–H and O–H groups in total. The fraction of sp³-hybridized carbons (Fsp3) is 0.500. The van der Waals surface area contributed by atoms with Crippen LogP contribution in [0.5, 0.6) is 0 Å². The van der Waals surface area contributed by atoms with Crippen LogP contribution in [0.15, 0.2) is 36.7 Å². The molecule has 1 aliphatic carbocycles. The van der Waals surface area contributed by atoms with Crippen LogP contribution in [-0.2, 0) is 6.54 Å². The van der Waals surface area contributed by atoms with Crippen LogP contribution in [0, 0.1) is 6.92 Å². The van der Waals surface area contributed by atoms with Crippen LogP contribution in [0.1, 0.15) is 18.4 Å². The van der Waals surface area contributed by atoms with Gasteiger partial charge in [-0.2, -0.15) is 5.10 Å². The normalized spacial score (nSPS) is 18.9. The summed E-state index contributed by atoms with van der Waals surface area (Å²) in [5.74, 6) is 0. The van der Waals surface area contributed by atoms with Crippen LogP contribution in [0.2, 0.25) is 0 Å². The van der Waals surface area contributed by atoms with E-state index in [4.69, 9.17) is 0 Å². The van der Waals surface area contributed by atoms with Gasteiger partial charge >= 0.3 is 0 Å². The Morgan fingerprint density at radius 1 is 1.22 bits per heavy atom. The minimum absolute atomic E-state index is 0.421. The highest BCUT2D eigenvalue weighted by Gasteiger charge is 2.35. The van der Waals surface area contributed by atoms with Gasteiger partial charge in [0.05, 0.1) is 24.0 Å². The Bertz CT molecular complexity index is 666. The molecule has 1 saturated carbocycles. The van der Waals surface area contributed by atoms with Crippen LogP contribution in [0.4, 0.5) is 11.4 Å². The van der Waals surface area contributed by atoms with Gasteiger partial charge in [-0.1, -0.05) is 12.1 Å². The molecule has 0 bridgehead atoms. The number of β-amino-alcohol motifs (C(OH)–C–C–N with tert-alkyl or cyclic N) is 1. The monoisotopic (exact) mass is 312 g/mol. The van der Waals surface area contributed by atoms with Crippen molar-refractivity contribution in [1.82, 2.24) is 9.78 Å². The maximum absolute atomic E-state index is 10.4. The van der Waals surface area contributed by atoms with Crippen molar-refractivity contribution in [3.05, 3.63) is 42.2 Å². The molecule has 5 nitrogen and oxygen atoms in total. The Morgan fingerprint density at radius 3 is 2.83 bits per heavy atom. The molecule has 2 aromatic rings. The van der Waals surface area contributed by atoms with Gasteiger partial charge < -0.3 is 14.9 Å². The van der Waals surface area contributed by atoms with Crippen molar-refractivity contribution in [2.75, 3.05) is 29.4 Å². The third-order valence-corrected chi connectivity index (χ3v) is 4.83. The first-order chi connectivity index (χ1) is 11.2. The topological polar surface area (TPSA) is 44.5 Å². The van der Waals surface area contributed by atoms with Crippen LogP contribution >= 0.6 is 0 Å². The van der Waals surface area contributed by atoms with Gasteiger partial charge in [-0.25, -0.2) is 0 Å². The fourth-order valence-electron chi connectivity index (χ4n) is 3.61. The van der Waals surface area contributed by atoms with Gasteiger partial charge in [0.1, 0.15) is 0 Å². The second-order valence-electron chi connectivity index (χ2n) is 6.70. The summed E-state index contributed by atoms with van der Waals surface area (Å²) in [5, 5.41) is 14.6. The number of hydrogen-bond donors (Lipinski definition) is 1. The molecule has 1 atom stereocenters. The number of fused-ring (bicyclic) bond motifs is 1. The van der Waals surface area contributed by atoms with Gasteiger partial charge in [0.2, 0.25) is 0 Å².